The van der Waals surface area contributed by atoms with Crippen LogP contribution in [0, 0.1) is 0 Å². The molecule has 3 aromatic carbocycles. The maximum absolute atomic E-state index is 2.66. The Morgan fingerprint density at radius 1 is 0.656 bits per heavy atom. The third kappa shape index (κ3) is 7.35. The lowest BCUT2D eigenvalue weighted by molar-refractivity contribution is 0.101. The van der Waals surface area contributed by atoms with Gasteiger partial charge in [-0.15, -0.1) is 24.8 Å². The van der Waals surface area contributed by atoms with Crippen molar-refractivity contribution in [2.45, 2.75) is 31.7 Å². The molecule has 4 rings (SSSR count). The smallest absolute Gasteiger partial charge is 0.0113 e. The third-order valence-electron chi connectivity index (χ3n) is 6.54. The Morgan fingerprint density at radius 3 is 1.62 bits per heavy atom. The van der Waals surface area contributed by atoms with Gasteiger partial charge in [-0.2, -0.15) is 0 Å². The highest BCUT2D eigenvalue weighted by Crippen LogP contribution is 2.28. The van der Waals surface area contributed by atoms with Gasteiger partial charge in [0.25, 0.3) is 0 Å². The van der Waals surface area contributed by atoms with E-state index in [4.69, 9.17) is 0 Å². The minimum absolute atomic E-state index is 0. The summed E-state index contributed by atoms with van der Waals surface area (Å²) in [6.45, 7) is 8.24. The zero-order chi connectivity index (χ0) is 20.6. The Bertz CT molecular complexity index is 826. The average Bonchev–Trinajstić information content (AvgIpc) is 2.82. The van der Waals surface area contributed by atoms with Gasteiger partial charge in [-0.05, 0) is 43.0 Å². The first-order valence-electron chi connectivity index (χ1n) is 11.4. The van der Waals surface area contributed by atoms with Gasteiger partial charge in [0.2, 0.25) is 0 Å². The average molecular weight is 472 g/mol. The van der Waals surface area contributed by atoms with Crippen molar-refractivity contribution in [3.8, 4) is 0 Å². The van der Waals surface area contributed by atoms with E-state index in [9.17, 15) is 0 Å². The Hall–Kier alpha value is -1.84. The summed E-state index contributed by atoms with van der Waals surface area (Å²) < 4.78 is 0. The molecule has 3 aromatic rings. The summed E-state index contributed by atoms with van der Waals surface area (Å²) in [5.41, 5.74) is 4.30. The SMILES string of the molecule is CC(Cc1ccccc1)N1CCN(CCC(c2ccccc2)c2ccccc2)CC1.Cl.Cl. The Morgan fingerprint density at radius 2 is 1.12 bits per heavy atom. The minimum atomic E-state index is 0. The molecule has 1 unspecified atom stereocenters. The monoisotopic (exact) mass is 470 g/mol. The van der Waals surface area contributed by atoms with Crippen LogP contribution in [-0.2, 0) is 6.42 Å². The second-order valence-corrected chi connectivity index (χ2v) is 8.58. The number of nitrogens with zero attached hydrogens (tertiary/aromatic N) is 2. The lowest BCUT2D eigenvalue weighted by Gasteiger charge is -2.38. The summed E-state index contributed by atoms with van der Waals surface area (Å²) in [6.07, 6.45) is 2.32. The van der Waals surface area contributed by atoms with Crippen LogP contribution in [0.15, 0.2) is 91.0 Å². The Balaban J connectivity index is 0.00000181. The molecule has 1 aliphatic rings. The van der Waals surface area contributed by atoms with E-state index >= 15 is 0 Å². The van der Waals surface area contributed by atoms with Crippen LogP contribution in [0.2, 0.25) is 0 Å². The van der Waals surface area contributed by atoms with Gasteiger partial charge in [0.15, 0.2) is 0 Å². The predicted octanol–water partition coefficient (Wildman–Crippen LogP) is 6.30. The molecular formula is C28H36Cl2N2. The van der Waals surface area contributed by atoms with Crippen LogP contribution >= 0.6 is 24.8 Å². The van der Waals surface area contributed by atoms with E-state index < -0.39 is 0 Å². The van der Waals surface area contributed by atoms with Crippen molar-refractivity contribution in [3.05, 3.63) is 108 Å². The van der Waals surface area contributed by atoms with Crippen LogP contribution < -0.4 is 0 Å². The molecule has 1 aliphatic heterocycles. The van der Waals surface area contributed by atoms with Crippen molar-refractivity contribution in [2.24, 2.45) is 0 Å². The van der Waals surface area contributed by atoms with Gasteiger partial charge < -0.3 is 4.90 Å². The van der Waals surface area contributed by atoms with Crippen molar-refractivity contribution < 1.29 is 0 Å². The van der Waals surface area contributed by atoms with E-state index in [-0.39, 0.29) is 24.8 Å². The summed E-state index contributed by atoms with van der Waals surface area (Å²) in [7, 11) is 0. The highest BCUT2D eigenvalue weighted by Gasteiger charge is 2.22. The van der Waals surface area contributed by atoms with Gasteiger partial charge >= 0.3 is 0 Å². The number of benzene rings is 3. The van der Waals surface area contributed by atoms with Crippen molar-refractivity contribution in [1.29, 1.82) is 0 Å². The van der Waals surface area contributed by atoms with E-state index in [1.54, 1.807) is 0 Å². The van der Waals surface area contributed by atoms with Gasteiger partial charge in [0, 0.05) is 38.1 Å². The second-order valence-electron chi connectivity index (χ2n) is 8.58. The first-order valence-corrected chi connectivity index (χ1v) is 11.4. The van der Waals surface area contributed by atoms with E-state index in [1.807, 2.05) is 0 Å². The quantitative estimate of drug-likeness (QED) is 0.380. The fourth-order valence-electron chi connectivity index (χ4n) is 4.72. The topological polar surface area (TPSA) is 6.48 Å². The van der Waals surface area contributed by atoms with Crippen LogP contribution in [0.5, 0.6) is 0 Å². The summed E-state index contributed by atoms with van der Waals surface area (Å²) >= 11 is 0. The molecule has 1 heterocycles. The van der Waals surface area contributed by atoms with Gasteiger partial charge in [-0.3, -0.25) is 4.90 Å². The number of rotatable bonds is 8. The summed E-state index contributed by atoms with van der Waals surface area (Å²) in [4.78, 5) is 5.32. The van der Waals surface area contributed by atoms with Crippen LogP contribution in [0.3, 0.4) is 0 Å². The van der Waals surface area contributed by atoms with E-state index in [2.05, 4.69) is 108 Å². The molecule has 0 aromatic heterocycles. The standard InChI is InChI=1S/C28H34N2.2ClH/c1-24(23-25-11-5-2-6-12-25)30-21-19-29(20-22-30)18-17-28(26-13-7-3-8-14-26)27-15-9-4-10-16-27;;/h2-16,24,28H,17-23H2,1H3;2*1H. The lowest BCUT2D eigenvalue weighted by Crippen LogP contribution is -2.50. The molecule has 1 atom stereocenters. The Labute approximate surface area is 206 Å². The fourth-order valence-corrected chi connectivity index (χ4v) is 4.72. The van der Waals surface area contributed by atoms with Crippen LogP contribution in [-0.4, -0.2) is 48.6 Å². The number of hydrogen-bond donors (Lipinski definition) is 0. The minimum Gasteiger partial charge on any atom is -0.301 e. The first-order chi connectivity index (χ1) is 14.8. The second kappa shape index (κ2) is 13.6. The molecule has 0 radical (unpaired) electrons. The van der Waals surface area contributed by atoms with Gasteiger partial charge in [0.1, 0.15) is 0 Å². The third-order valence-corrected chi connectivity index (χ3v) is 6.54. The molecule has 0 N–H and O–H groups in total. The molecule has 0 amide bonds. The lowest BCUT2D eigenvalue weighted by atomic mass is 9.88. The molecule has 32 heavy (non-hydrogen) atoms. The van der Waals surface area contributed by atoms with Crippen molar-refractivity contribution in [3.63, 3.8) is 0 Å². The van der Waals surface area contributed by atoms with E-state index in [0.717, 1.165) is 13.0 Å². The molecule has 2 nitrogen and oxygen atoms in total. The summed E-state index contributed by atoms with van der Waals surface area (Å²) in [5, 5.41) is 0. The van der Waals surface area contributed by atoms with Crippen LogP contribution in [0.25, 0.3) is 0 Å². The van der Waals surface area contributed by atoms with Gasteiger partial charge in [-0.25, -0.2) is 0 Å². The van der Waals surface area contributed by atoms with Crippen LogP contribution in [0.1, 0.15) is 36.0 Å². The van der Waals surface area contributed by atoms with Gasteiger partial charge in [-0.1, -0.05) is 91.0 Å². The molecule has 0 bridgehead atoms. The Kier molecular flexibility index (Phi) is 11.3. The van der Waals surface area contributed by atoms with Crippen molar-refractivity contribution >= 4 is 24.8 Å². The molecule has 0 saturated carbocycles. The zero-order valence-electron chi connectivity index (χ0n) is 19.0. The van der Waals surface area contributed by atoms with Crippen LogP contribution in [0.4, 0.5) is 0 Å². The zero-order valence-corrected chi connectivity index (χ0v) is 20.6. The molecule has 4 heteroatoms. The molecule has 172 valence electrons. The van der Waals surface area contributed by atoms with E-state index in [1.165, 1.54) is 49.3 Å². The largest absolute Gasteiger partial charge is 0.301 e. The molecular weight excluding hydrogens is 435 g/mol. The highest BCUT2D eigenvalue weighted by molar-refractivity contribution is 5.85. The maximum Gasteiger partial charge on any atom is 0.0113 e. The van der Waals surface area contributed by atoms with Gasteiger partial charge in [0.05, 0.1) is 0 Å². The first kappa shape index (κ1) is 26.4. The molecule has 0 aliphatic carbocycles. The number of hydrogen-bond acceptors (Lipinski definition) is 2. The van der Waals surface area contributed by atoms with E-state index in [0.29, 0.717) is 12.0 Å². The number of piperazine rings is 1. The van der Waals surface area contributed by atoms with Crippen molar-refractivity contribution in [1.82, 2.24) is 9.80 Å². The summed E-state index contributed by atoms with van der Waals surface area (Å²) in [6, 6.07) is 33.5. The molecule has 1 fully saturated rings. The maximum atomic E-state index is 2.66. The highest BCUT2D eigenvalue weighted by atomic mass is 35.5. The molecule has 0 spiro atoms. The predicted molar refractivity (Wildman–Crippen MR) is 141 cm³/mol. The summed E-state index contributed by atoms with van der Waals surface area (Å²) in [5.74, 6) is 0.474. The normalized spacial score (nSPS) is 15.6. The fraction of sp³-hybridized carbons (Fsp3) is 0.357. The van der Waals surface area contributed by atoms with Crippen molar-refractivity contribution in [2.75, 3.05) is 32.7 Å². The molecule has 1 saturated heterocycles. The number of halogens is 2.